The molecule has 19 heavy (non-hydrogen) atoms. The maximum atomic E-state index is 11.9. The van der Waals surface area contributed by atoms with Gasteiger partial charge in [0.15, 0.2) is 0 Å². The van der Waals surface area contributed by atoms with E-state index in [2.05, 4.69) is 21.2 Å². The summed E-state index contributed by atoms with van der Waals surface area (Å²) in [4.78, 5) is 11.8. The van der Waals surface area contributed by atoms with Gasteiger partial charge < -0.3 is 11.1 Å². The number of benzene rings is 1. The minimum Gasteiger partial charge on any atom is -0.399 e. The van der Waals surface area contributed by atoms with Crippen LogP contribution in [0.1, 0.15) is 20.8 Å². The molecule has 0 heterocycles. The number of amides is 1. The fourth-order valence-electron chi connectivity index (χ4n) is 1.38. The summed E-state index contributed by atoms with van der Waals surface area (Å²) in [5.74, 6) is 0.0455. The van der Waals surface area contributed by atoms with Crippen molar-refractivity contribution >= 4 is 44.0 Å². The zero-order chi connectivity index (χ0) is 14.6. The zero-order valence-corrected chi connectivity index (χ0v) is 13.7. The summed E-state index contributed by atoms with van der Waals surface area (Å²) >= 11 is 3.32. The summed E-state index contributed by atoms with van der Waals surface area (Å²) in [5.41, 5.74) is 6.87. The fourth-order valence-corrected chi connectivity index (χ4v) is 3.08. The van der Waals surface area contributed by atoms with Gasteiger partial charge in [-0.25, -0.2) is 0 Å². The van der Waals surface area contributed by atoms with E-state index in [0.717, 1.165) is 0 Å². The first-order chi connectivity index (χ1) is 8.81. The number of hydrogen-bond donors (Lipinski definition) is 2. The Morgan fingerprint density at radius 2 is 2.05 bits per heavy atom. The van der Waals surface area contributed by atoms with Crippen LogP contribution in [0, 0.1) is 5.92 Å². The highest BCUT2D eigenvalue weighted by Crippen LogP contribution is 2.24. The van der Waals surface area contributed by atoms with Gasteiger partial charge in [0, 0.05) is 26.2 Å². The molecule has 0 saturated heterocycles. The van der Waals surface area contributed by atoms with E-state index in [9.17, 15) is 9.00 Å². The molecule has 1 aromatic rings. The van der Waals surface area contributed by atoms with E-state index >= 15 is 0 Å². The molecule has 0 radical (unpaired) electrons. The van der Waals surface area contributed by atoms with Gasteiger partial charge in [-0.2, -0.15) is 0 Å². The molecule has 1 aromatic carbocycles. The Bertz CT molecular complexity index is 492. The van der Waals surface area contributed by atoms with Crippen LogP contribution >= 0.6 is 15.9 Å². The summed E-state index contributed by atoms with van der Waals surface area (Å²) in [6.45, 7) is 5.89. The van der Waals surface area contributed by atoms with Crippen molar-refractivity contribution in [3.63, 3.8) is 0 Å². The van der Waals surface area contributed by atoms with Gasteiger partial charge in [-0.05, 0) is 40.0 Å². The van der Waals surface area contributed by atoms with Crippen molar-refractivity contribution in [2.45, 2.75) is 26.0 Å². The molecule has 1 rings (SSSR count). The number of halogens is 1. The highest BCUT2D eigenvalue weighted by atomic mass is 79.9. The number of hydrogen-bond acceptors (Lipinski definition) is 3. The van der Waals surface area contributed by atoms with E-state index in [0.29, 0.717) is 15.8 Å². The van der Waals surface area contributed by atoms with Gasteiger partial charge in [0.1, 0.15) is 5.75 Å². The van der Waals surface area contributed by atoms with Gasteiger partial charge >= 0.3 is 0 Å². The topological polar surface area (TPSA) is 72.2 Å². The lowest BCUT2D eigenvalue weighted by molar-refractivity contribution is -0.113. The Labute approximate surface area is 124 Å². The summed E-state index contributed by atoms with van der Waals surface area (Å²) in [6, 6.07) is 5.13. The van der Waals surface area contributed by atoms with Gasteiger partial charge in [0.05, 0.1) is 5.69 Å². The van der Waals surface area contributed by atoms with Crippen LogP contribution in [0.5, 0.6) is 0 Å². The lowest BCUT2D eigenvalue weighted by Gasteiger charge is -2.15. The van der Waals surface area contributed by atoms with Gasteiger partial charge in [0.25, 0.3) is 0 Å². The van der Waals surface area contributed by atoms with Crippen molar-refractivity contribution in [3.05, 3.63) is 22.7 Å². The largest absolute Gasteiger partial charge is 0.399 e. The maximum absolute atomic E-state index is 11.9. The van der Waals surface area contributed by atoms with Crippen LogP contribution in [-0.4, -0.2) is 21.1 Å². The smallest absolute Gasteiger partial charge is 0.237 e. The second-order valence-corrected chi connectivity index (χ2v) is 7.41. The molecule has 0 fully saturated rings. The van der Waals surface area contributed by atoms with Crippen LogP contribution in [0.2, 0.25) is 0 Å². The monoisotopic (exact) mass is 346 g/mol. The average Bonchev–Trinajstić information content (AvgIpc) is 2.31. The predicted molar refractivity (Wildman–Crippen MR) is 84.5 cm³/mol. The van der Waals surface area contributed by atoms with Crippen LogP contribution in [-0.2, 0) is 15.6 Å². The summed E-state index contributed by atoms with van der Waals surface area (Å²) in [5, 5.41) is 2.73. The summed E-state index contributed by atoms with van der Waals surface area (Å²) < 4.78 is 12.7. The molecule has 6 heteroatoms. The number of carbonyl (C=O) groups is 1. The van der Waals surface area contributed by atoms with Crippen molar-refractivity contribution in [1.82, 2.24) is 0 Å². The Balaban J connectivity index is 2.63. The minimum absolute atomic E-state index is 0.000563. The number of nitrogen functional groups attached to an aromatic ring is 1. The minimum atomic E-state index is -1.16. The third kappa shape index (κ3) is 4.95. The van der Waals surface area contributed by atoms with E-state index in [1.165, 1.54) is 0 Å². The summed E-state index contributed by atoms with van der Waals surface area (Å²) in [7, 11) is -1.16. The lowest BCUT2D eigenvalue weighted by Crippen LogP contribution is -2.27. The quantitative estimate of drug-likeness (QED) is 0.805. The van der Waals surface area contributed by atoms with Gasteiger partial charge in [-0.1, -0.05) is 20.8 Å². The van der Waals surface area contributed by atoms with E-state index in [4.69, 9.17) is 5.73 Å². The fraction of sp³-hybridized carbons (Fsp3) is 0.462. The van der Waals surface area contributed by atoms with E-state index in [1.807, 2.05) is 20.8 Å². The molecule has 0 aromatic heterocycles. The highest BCUT2D eigenvalue weighted by molar-refractivity contribution is 9.10. The Hall–Kier alpha value is -0.880. The first-order valence-electron chi connectivity index (χ1n) is 6.03. The highest BCUT2D eigenvalue weighted by Gasteiger charge is 2.18. The van der Waals surface area contributed by atoms with Crippen molar-refractivity contribution in [1.29, 1.82) is 0 Å². The average molecular weight is 347 g/mol. The SMILES string of the molecule is CC(C)C(C)S(=O)CC(=O)Nc1ccc(N)cc1Br. The number of nitrogens with one attached hydrogen (secondary N) is 1. The molecular weight excluding hydrogens is 328 g/mol. The second kappa shape index (κ2) is 7.05. The molecule has 4 nitrogen and oxygen atoms in total. The van der Waals surface area contributed by atoms with Gasteiger partial charge in [-0.3, -0.25) is 9.00 Å². The van der Waals surface area contributed by atoms with Crippen LogP contribution in [0.4, 0.5) is 11.4 Å². The molecule has 2 atom stereocenters. The molecule has 1 amide bonds. The van der Waals surface area contributed by atoms with Crippen LogP contribution < -0.4 is 11.1 Å². The number of anilines is 2. The standard InChI is InChI=1S/C13H19BrN2O2S/c1-8(2)9(3)19(18)7-13(17)16-12-5-4-10(15)6-11(12)14/h4-6,8-9H,7,15H2,1-3H3,(H,16,17). The predicted octanol–water partition coefficient (Wildman–Crippen LogP) is 2.76. The third-order valence-corrected chi connectivity index (χ3v) is 5.47. The first-order valence-corrected chi connectivity index (χ1v) is 8.20. The van der Waals surface area contributed by atoms with E-state index in [-0.39, 0.29) is 22.8 Å². The Morgan fingerprint density at radius 3 is 2.58 bits per heavy atom. The van der Waals surface area contributed by atoms with Crippen molar-refractivity contribution < 1.29 is 9.00 Å². The number of carbonyl (C=O) groups excluding carboxylic acids is 1. The zero-order valence-electron chi connectivity index (χ0n) is 11.3. The third-order valence-electron chi connectivity index (χ3n) is 2.89. The van der Waals surface area contributed by atoms with Crippen molar-refractivity contribution in [2.75, 3.05) is 16.8 Å². The Kier molecular flexibility index (Phi) is 6.00. The lowest BCUT2D eigenvalue weighted by atomic mass is 10.2. The van der Waals surface area contributed by atoms with E-state index < -0.39 is 10.8 Å². The molecule has 2 unspecified atom stereocenters. The van der Waals surface area contributed by atoms with Crippen molar-refractivity contribution in [3.8, 4) is 0 Å². The van der Waals surface area contributed by atoms with Gasteiger partial charge in [-0.15, -0.1) is 0 Å². The molecule has 3 N–H and O–H groups in total. The molecule has 0 spiro atoms. The summed E-state index contributed by atoms with van der Waals surface area (Å²) in [6.07, 6.45) is 0. The molecule has 0 aliphatic rings. The number of nitrogens with two attached hydrogens (primary N) is 1. The number of rotatable bonds is 5. The van der Waals surface area contributed by atoms with E-state index in [1.54, 1.807) is 18.2 Å². The first kappa shape index (κ1) is 16.2. The van der Waals surface area contributed by atoms with Gasteiger partial charge in [0.2, 0.25) is 5.91 Å². The van der Waals surface area contributed by atoms with Crippen molar-refractivity contribution in [2.24, 2.45) is 5.92 Å². The van der Waals surface area contributed by atoms with Crippen LogP contribution in [0.25, 0.3) is 0 Å². The molecule has 0 aliphatic heterocycles. The molecule has 106 valence electrons. The molecule has 0 bridgehead atoms. The molecule has 0 aliphatic carbocycles. The maximum Gasteiger partial charge on any atom is 0.237 e. The molecule has 0 saturated carbocycles. The molecular formula is C13H19BrN2O2S. The normalized spacial score (nSPS) is 14.2. The second-order valence-electron chi connectivity index (χ2n) is 4.76. The van der Waals surface area contributed by atoms with Crippen LogP contribution in [0.15, 0.2) is 22.7 Å². The van der Waals surface area contributed by atoms with Crippen LogP contribution in [0.3, 0.4) is 0 Å². The Morgan fingerprint density at radius 1 is 1.42 bits per heavy atom.